The number of nitrogens with zero attached hydrogens (tertiary/aromatic N) is 1. The van der Waals surface area contributed by atoms with Crippen LogP contribution in [0, 0.1) is 0 Å². The molecule has 0 aliphatic rings. The summed E-state index contributed by atoms with van der Waals surface area (Å²) in [4.78, 5) is -0.213. The topological polar surface area (TPSA) is 63.4 Å². The lowest BCUT2D eigenvalue weighted by atomic mass is 10.1. The fraction of sp³-hybridized carbons (Fsp3) is 0.538. The average Bonchev–Trinajstić information content (AvgIpc) is 2.36. The summed E-state index contributed by atoms with van der Waals surface area (Å²) in [5.41, 5.74) is 6.75. The number of alkyl halides is 3. The minimum atomic E-state index is -4.59. The third-order valence-corrected chi connectivity index (χ3v) is 4.81. The van der Waals surface area contributed by atoms with Gasteiger partial charge < -0.3 is 5.73 Å². The van der Waals surface area contributed by atoms with E-state index in [1.54, 1.807) is 6.92 Å². The van der Waals surface area contributed by atoms with Gasteiger partial charge in [-0.2, -0.15) is 17.5 Å². The number of nitrogen functional groups attached to an aromatic ring is 1. The largest absolute Gasteiger partial charge is 0.402 e. The molecule has 21 heavy (non-hydrogen) atoms. The van der Waals surface area contributed by atoms with E-state index in [-0.39, 0.29) is 23.5 Å². The monoisotopic (exact) mass is 324 g/mol. The molecule has 0 aliphatic carbocycles. The van der Waals surface area contributed by atoms with Gasteiger partial charge in [0.2, 0.25) is 10.0 Å². The number of halogens is 3. The molecule has 0 saturated heterocycles. The first-order chi connectivity index (χ1) is 9.61. The Balaban J connectivity index is 3.19. The molecule has 0 radical (unpaired) electrons. The Morgan fingerprint density at radius 2 is 1.86 bits per heavy atom. The molecular weight excluding hydrogens is 305 g/mol. The van der Waals surface area contributed by atoms with Gasteiger partial charge in [0.15, 0.2) is 0 Å². The molecule has 0 unspecified atom stereocenters. The number of aryl methyl sites for hydroxylation is 1. The Labute approximate surface area is 122 Å². The van der Waals surface area contributed by atoms with Gasteiger partial charge in [-0.15, -0.1) is 0 Å². The van der Waals surface area contributed by atoms with Crippen molar-refractivity contribution in [2.24, 2.45) is 0 Å². The highest BCUT2D eigenvalue weighted by molar-refractivity contribution is 7.89. The lowest BCUT2D eigenvalue weighted by Gasteiger charge is -2.23. The third-order valence-electron chi connectivity index (χ3n) is 2.96. The zero-order valence-electron chi connectivity index (χ0n) is 11.9. The molecule has 0 amide bonds. The van der Waals surface area contributed by atoms with Gasteiger partial charge >= 0.3 is 6.18 Å². The molecule has 8 heteroatoms. The summed E-state index contributed by atoms with van der Waals surface area (Å²) in [6, 6.07) is 4.04. The van der Waals surface area contributed by atoms with Crippen LogP contribution in [-0.4, -0.2) is 32.0 Å². The Hall–Kier alpha value is -1.28. The lowest BCUT2D eigenvalue weighted by Crippen LogP contribution is -2.39. The molecule has 120 valence electrons. The first-order valence-corrected chi connectivity index (χ1v) is 8.01. The van der Waals surface area contributed by atoms with Crippen molar-refractivity contribution in [3.05, 3.63) is 23.8 Å². The molecule has 2 N–H and O–H groups in total. The highest BCUT2D eigenvalue weighted by Crippen LogP contribution is 2.25. The highest BCUT2D eigenvalue weighted by atomic mass is 32.2. The van der Waals surface area contributed by atoms with Gasteiger partial charge in [0, 0.05) is 12.2 Å². The van der Waals surface area contributed by atoms with Gasteiger partial charge in [-0.05, 0) is 30.5 Å². The van der Waals surface area contributed by atoms with Gasteiger partial charge in [0.25, 0.3) is 0 Å². The number of nitrogens with two attached hydrogens (primary N) is 1. The van der Waals surface area contributed by atoms with Crippen LogP contribution in [0.1, 0.15) is 25.8 Å². The molecule has 0 fully saturated rings. The van der Waals surface area contributed by atoms with Crippen molar-refractivity contribution in [3.63, 3.8) is 0 Å². The van der Waals surface area contributed by atoms with E-state index in [1.165, 1.54) is 18.2 Å². The predicted octanol–water partition coefficient (Wildman–Crippen LogP) is 2.79. The standard InChI is InChI=1S/C13H19F3N2O2S/c1-3-7-18(9-13(14,15)16)21(19,20)11-6-5-10(4-2)12(17)8-11/h5-6,8H,3-4,7,9,17H2,1-2H3. The number of hydrogen-bond acceptors (Lipinski definition) is 3. The molecule has 0 atom stereocenters. The maximum Gasteiger partial charge on any atom is 0.402 e. The smallest absolute Gasteiger partial charge is 0.398 e. The van der Waals surface area contributed by atoms with Crippen LogP contribution in [0.3, 0.4) is 0 Å². The summed E-state index contributed by atoms with van der Waals surface area (Å²) in [6.45, 7) is 1.77. The van der Waals surface area contributed by atoms with Crippen LogP contribution >= 0.6 is 0 Å². The van der Waals surface area contributed by atoms with E-state index in [0.717, 1.165) is 5.56 Å². The first kappa shape index (κ1) is 17.8. The Kier molecular flexibility index (Phi) is 5.63. The zero-order chi connectivity index (χ0) is 16.3. The van der Waals surface area contributed by atoms with E-state index in [9.17, 15) is 21.6 Å². The third kappa shape index (κ3) is 4.60. The molecule has 1 aromatic rings. The predicted molar refractivity (Wildman–Crippen MR) is 75.3 cm³/mol. The van der Waals surface area contributed by atoms with Gasteiger partial charge in [0.1, 0.15) is 6.54 Å². The minimum Gasteiger partial charge on any atom is -0.398 e. The summed E-state index contributed by atoms with van der Waals surface area (Å²) in [6.07, 6.45) is -3.68. The Bertz CT molecular complexity index is 586. The summed E-state index contributed by atoms with van der Waals surface area (Å²) >= 11 is 0. The molecule has 1 rings (SSSR count). The summed E-state index contributed by atoms with van der Waals surface area (Å²) in [5.74, 6) is 0. The van der Waals surface area contributed by atoms with Crippen LogP contribution < -0.4 is 5.73 Å². The Morgan fingerprint density at radius 3 is 2.29 bits per heavy atom. The van der Waals surface area contributed by atoms with Crippen molar-refractivity contribution in [1.29, 1.82) is 0 Å². The van der Waals surface area contributed by atoms with Crippen molar-refractivity contribution >= 4 is 15.7 Å². The van der Waals surface area contributed by atoms with E-state index >= 15 is 0 Å². The van der Waals surface area contributed by atoms with Crippen molar-refractivity contribution in [3.8, 4) is 0 Å². The van der Waals surface area contributed by atoms with Crippen molar-refractivity contribution < 1.29 is 21.6 Å². The van der Waals surface area contributed by atoms with Gasteiger partial charge in [-0.3, -0.25) is 0 Å². The van der Waals surface area contributed by atoms with Gasteiger partial charge in [0.05, 0.1) is 4.90 Å². The number of hydrogen-bond donors (Lipinski definition) is 1. The lowest BCUT2D eigenvalue weighted by molar-refractivity contribution is -0.136. The molecule has 4 nitrogen and oxygen atoms in total. The fourth-order valence-corrected chi connectivity index (χ4v) is 3.49. The first-order valence-electron chi connectivity index (χ1n) is 6.57. The number of benzene rings is 1. The molecule has 0 spiro atoms. The quantitative estimate of drug-likeness (QED) is 0.819. The fourth-order valence-electron chi connectivity index (χ4n) is 1.94. The molecule has 0 bridgehead atoms. The molecular formula is C13H19F3N2O2S. The van der Waals surface area contributed by atoms with E-state index in [1.807, 2.05) is 6.92 Å². The normalized spacial score (nSPS) is 12.9. The molecule has 1 aromatic carbocycles. The van der Waals surface area contributed by atoms with Crippen LogP contribution in [0.5, 0.6) is 0 Å². The number of anilines is 1. The zero-order valence-corrected chi connectivity index (χ0v) is 12.8. The molecule has 0 heterocycles. The second kappa shape index (κ2) is 6.65. The second-order valence-electron chi connectivity index (χ2n) is 4.67. The van der Waals surface area contributed by atoms with Crippen LogP contribution in [-0.2, 0) is 16.4 Å². The van der Waals surface area contributed by atoms with Crippen molar-refractivity contribution in [1.82, 2.24) is 4.31 Å². The molecule has 0 aromatic heterocycles. The molecule has 0 saturated carbocycles. The summed E-state index contributed by atoms with van der Waals surface area (Å²) < 4.78 is 62.7. The summed E-state index contributed by atoms with van der Waals surface area (Å²) in [7, 11) is -4.21. The summed E-state index contributed by atoms with van der Waals surface area (Å²) in [5, 5.41) is 0. The van der Waals surface area contributed by atoms with Crippen LogP contribution in [0.2, 0.25) is 0 Å². The van der Waals surface area contributed by atoms with Crippen molar-refractivity contribution in [2.45, 2.75) is 37.8 Å². The number of rotatable bonds is 6. The Morgan fingerprint density at radius 1 is 1.24 bits per heavy atom. The van der Waals surface area contributed by atoms with E-state index < -0.39 is 22.7 Å². The number of sulfonamides is 1. The molecule has 0 aliphatic heterocycles. The van der Waals surface area contributed by atoms with E-state index in [2.05, 4.69) is 0 Å². The van der Waals surface area contributed by atoms with Crippen LogP contribution in [0.4, 0.5) is 18.9 Å². The van der Waals surface area contributed by atoms with E-state index in [0.29, 0.717) is 10.7 Å². The van der Waals surface area contributed by atoms with Crippen molar-refractivity contribution in [2.75, 3.05) is 18.8 Å². The van der Waals surface area contributed by atoms with Gasteiger partial charge in [-0.25, -0.2) is 8.42 Å². The second-order valence-corrected chi connectivity index (χ2v) is 6.61. The van der Waals surface area contributed by atoms with Crippen LogP contribution in [0.15, 0.2) is 23.1 Å². The maximum absolute atomic E-state index is 12.5. The maximum atomic E-state index is 12.5. The average molecular weight is 324 g/mol. The van der Waals surface area contributed by atoms with Crippen LogP contribution in [0.25, 0.3) is 0 Å². The highest BCUT2D eigenvalue weighted by Gasteiger charge is 2.36. The minimum absolute atomic E-state index is 0.197. The van der Waals surface area contributed by atoms with E-state index in [4.69, 9.17) is 5.73 Å². The van der Waals surface area contributed by atoms with Gasteiger partial charge in [-0.1, -0.05) is 19.9 Å². The SMILES string of the molecule is CCCN(CC(F)(F)F)S(=O)(=O)c1ccc(CC)c(N)c1.